The molecule has 0 aliphatic carbocycles. The van der Waals surface area contributed by atoms with Gasteiger partial charge in [0.25, 0.3) is 5.91 Å². The van der Waals surface area contributed by atoms with Crippen LogP contribution in [0.1, 0.15) is 21.5 Å². The molecular formula is C15H13ClN2O2. The second kappa shape index (κ2) is 6.21. The van der Waals surface area contributed by atoms with Gasteiger partial charge in [0.1, 0.15) is 5.75 Å². The average molecular weight is 289 g/mol. The standard InChI is InChI=1S/C15H13ClN2O2/c1-10-5-7-11(8-6-10)15(20)18-17-9-12-3-2-4-13(16)14(12)19/h2-9,19H,1H3,(H,18,20)/b17-9+. The highest BCUT2D eigenvalue weighted by Gasteiger charge is 2.04. The van der Waals surface area contributed by atoms with Gasteiger partial charge in [0.2, 0.25) is 0 Å². The Hall–Kier alpha value is -2.33. The van der Waals surface area contributed by atoms with Gasteiger partial charge in [-0.15, -0.1) is 0 Å². The first-order valence-electron chi connectivity index (χ1n) is 5.95. The Balaban J connectivity index is 2.04. The lowest BCUT2D eigenvalue weighted by atomic mass is 10.1. The van der Waals surface area contributed by atoms with E-state index in [-0.39, 0.29) is 16.7 Å². The molecule has 4 nitrogen and oxygen atoms in total. The second-order valence-corrected chi connectivity index (χ2v) is 4.65. The number of rotatable bonds is 3. The van der Waals surface area contributed by atoms with Crippen molar-refractivity contribution in [2.24, 2.45) is 5.10 Å². The summed E-state index contributed by atoms with van der Waals surface area (Å²) in [6, 6.07) is 12.0. The van der Waals surface area contributed by atoms with Crippen molar-refractivity contribution in [2.75, 3.05) is 0 Å². The number of phenols is 1. The van der Waals surface area contributed by atoms with Crippen LogP contribution in [0.15, 0.2) is 47.6 Å². The zero-order valence-corrected chi connectivity index (χ0v) is 11.6. The van der Waals surface area contributed by atoms with Crippen LogP contribution in [0.25, 0.3) is 0 Å². The molecule has 20 heavy (non-hydrogen) atoms. The number of para-hydroxylation sites is 1. The maximum Gasteiger partial charge on any atom is 0.271 e. The first-order valence-corrected chi connectivity index (χ1v) is 6.33. The van der Waals surface area contributed by atoms with E-state index in [1.165, 1.54) is 6.21 Å². The van der Waals surface area contributed by atoms with Gasteiger partial charge in [0.15, 0.2) is 0 Å². The van der Waals surface area contributed by atoms with E-state index in [0.29, 0.717) is 11.1 Å². The fourth-order valence-corrected chi connectivity index (χ4v) is 1.75. The van der Waals surface area contributed by atoms with Gasteiger partial charge in [-0.1, -0.05) is 35.4 Å². The van der Waals surface area contributed by atoms with Crippen LogP contribution in [0.5, 0.6) is 5.75 Å². The number of amides is 1. The van der Waals surface area contributed by atoms with Crippen LogP contribution in [0.3, 0.4) is 0 Å². The zero-order chi connectivity index (χ0) is 14.5. The van der Waals surface area contributed by atoms with E-state index in [2.05, 4.69) is 10.5 Å². The molecule has 2 aromatic rings. The molecule has 0 bridgehead atoms. The molecule has 0 aromatic heterocycles. The normalized spacial score (nSPS) is 10.7. The molecule has 2 aromatic carbocycles. The minimum Gasteiger partial charge on any atom is -0.506 e. The molecule has 0 heterocycles. The summed E-state index contributed by atoms with van der Waals surface area (Å²) < 4.78 is 0. The minimum absolute atomic E-state index is 0.0671. The molecular weight excluding hydrogens is 276 g/mol. The number of nitrogens with one attached hydrogen (secondary N) is 1. The van der Waals surface area contributed by atoms with E-state index in [9.17, 15) is 9.90 Å². The maximum atomic E-state index is 11.8. The van der Waals surface area contributed by atoms with Crippen molar-refractivity contribution >= 4 is 23.7 Å². The van der Waals surface area contributed by atoms with Crippen molar-refractivity contribution in [1.29, 1.82) is 0 Å². The summed E-state index contributed by atoms with van der Waals surface area (Å²) >= 11 is 5.77. The number of aryl methyl sites for hydroxylation is 1. The van der Waals surface area contributed by atoms with Gasteiger partial charge >= 0.3 is 0 Å². The number of benzene rings is 2. The largest absolute Gasteiger partial charge is 0.506 e. The Morgan fingerprint density at radius 2 is 1.95 bits per heavy atom. The lowest BCUT2D eigenvalue weighted by Gasteiger charge is -2.02. The molecule has 0 aliphatic rings. The van der Waals surface area contributed by atoms with Gasteiger partial charge in [0, 0.05) is 11.1 Å². The highest BCUT2D eigenvalue weighted by molar-refractivity contribution is 6.32. The number of hydrogen-bond acceptors (Lipinski definition) is 3. The van der Waals surface area contributed by atoms with Crippen molar-refractivity contribution in [2.45, 2.75) is 6.92 Å². The number of nitrogens with zero attached hydrogens (tertiary/aromatic N) is 1. The molecule has 0 fully saturated rings. The molecule has 0 spiro atoms. The van der Waals surface area contributed by atoms with Crippen LogP contribution in [0.2, 0.25) is 5.02 Å². The molecule has 2 N–H and O–H groups in total. The van der Waals surface area contributed by atoms with Crippen molar-refractivity contribution in [3.8, 4) is 5.75 Å². The van der Waals surface area contributed by atoms with Gasteiger partial charge in [-0.25, -0.2) is 5.43 Å². The zero-order valence-electron chi connectivity index (χ0n) is 10.8. The lowest BCUT2D eigenvalue weighted by Crippen LogP contribution is -2.17. The predicted molar refractivity (Wildman–Crippen MR) is 79.4 cm³/mol. The maximum absolute atomic E-state index is 11.8. The van der Waals surface area contributed by atoms with Gasteiger partial charge < -0.3 is 5.11 Å². The van der Waals surface area contributed by atoms with E-state index in [4.69, 9.17) is 11.6 Å². The van der Waals surface area contributed by atoms with Crippen molar-refractivity contribution in [1.82, 2.24) is 5.43 Å². The highest BCUT2D eigenvalue weighted by Crippen LogP contribution is 2.25. The highest BCUT2D eigenvalue weighted by atomic mass is 35.5. The molecule has 0 aliphatic heterocycles. The summed E-state index contributed by atoms with van der Waals surface area (Å²) in [4.78, 5) is 11.8. The lowest BCUT2D eigenvalue weighted by molar-refractivity contribution is 0.0955. The summed E-state index contributed by atoms with van der Waals surface area (Å²) in [5.41, 5.74) is 4.42. The Kier molecular flexibility index (Phi) is 4.38. The topological polar surface area (TPSA) is 61.7 Å². The number of phenolic OH excluding ortho intramolecular Hbond substituents is 1. The Morgan fingerprint density at radius 3 is 2.65 bits per heavy atom. The van der Waals surface area contributed by atoms with Crippen LogP contribution in [-0.2, 0) is 0 Å². The first-order chi connectivity index (χ1) is 9.58. The van der Waals surface area contributed by atoms with Crippen LogP contribution in [-0.4, -0.2) is 17.2 Å². The van der Waals surface area contributed by atoms with Gasteiger partial charge in [-0.2, -0.15) is 5.10 Å². The third-order valence-corrected chi connectivity index (χ3v) is 3.01. The van der Waals surface area contributed by atoms with E-state index in [1.807, 2.05) is 19.1 Å². The fourth-order valence-electron chi connectivity index (χ4n) is 1.57. The van der Waals surface area contributed by atoms with E-state index in [1.54, 1.807) is 30.3 Å². The van der Waals surface area contributed by atoms with Gasteiger partial charge in [0.05, 0.1) is 11.2 Å². The van der Waals surface area contributed by atoms with Gasteiger partial charge in [-0.05, 0) is 31.2 Å². The van der Waals surface area contributed by atoms with Crippen LogP contribution >= 0.6 is 11.6 Å². The number of hydrazone groups is 1. The Bertz CT molecular complexity index is 651. The number of carbonyl (C=O) groups is 1. The van der Waals surface area contributed by atoms with Crippen LogP contribution in [0, 0.1) is 6.92 Å². The smallest absolute Gasteiger partial charge is 0.271 e. The fraction of sp³-hybridized carbons (Fsp3) is 0.0667. The van der Waals surface area contributed by atoms with Crippen LogP contribution < -0.4 is 5.43 Å². The predicted octanol–water partition coefficient (Wildman–Crippen LogP) is 3.12. The molecule has 2 rings (SSSR count). The van der Waals surface area contributed by atoms with Crippen LogP contribution in [0.4, 0.5) is 0 Å². The second-order valence-electron chi connectivity index (χ2n) is 4.24. The minimum atomic E-state index is -0.317. The summed E-state index contributed by atoms with van der Waals surface area (Å²) in [5.74, 6) is -0.384. The summed E-state index contributed by atoms with van der Waals surface area (Å²) in [6.07, 6.45) is 1.34. The van der Waals surface area contributed by atoms with E-state index >= 15 is 0 Å². The quantitative estimate of drug-likeness (QED) is 0.673. The molecule has 0 saturated heterocycles. The third-order valence-electron chi connectivity index (χ3n) is 2.70. The van der Waals surface area contributed by atoms with E-state index in [0.717, 1.165) is 5.56 Å². The third kappa shape index (κ3) is 3.36. The Morgan fingerprint density at radius 1 is 1.25 bits per heavy atom. The molecule has 0 unspecified atom stereocenters. The summed E-state index contributed by atoms with van der Waals surface area (Å²) in [5, 5.41) is 13.7. The van der Waals surface area contributed by atoms with E-state index < -0.39 is 0 Å². The number of hydrogen-bond donors (Lipinski definition) is 2. The van der Waals surface area contributed by atoms with Crippen molar-refractivity contribution < 1.29 is 9.90 Å². The Labute approximate surface area is 121 Å². The monoisotopic (exact) mass is 288 g/mol. The van der Waals surface area contributed by atoms with Gasteiger partial charge in [-0.3, -0.25) is 4.79 Å². The summed E-state index contributed by atoms with van der Waals surface area (Å²) in [7, 11) is 0. The average Bonchev–Trinajstić information content (AvgIpc) is 2.44. The summed E-state index contributed by atoms with van der Waals surface area (Å²) in [6.45, 7) is 1.95. The number of aromatic hydroxyl groups is 1. The molecule has 1 amide bonds. The molecule has 0 atom stereocenters. The molecule has 5 heteroatoms. The molecule has 0 saturated carbocycles. The number of halogens is 1. The van der Waals surface area contributed by atoms with Crippen molar-refractivity contribution in [3.63, 3.8) is 0 Å². The number of carbonyl (C=O) groups excluding carboxylic acids is 1. The van der Waals surface area contributed by atoms with Crippen molar-refractivity contribution in [3.05, 3.63) is 64.2 Å². The molecule has 102 valence electrons. The first kappa shape index (κ1) is 14.1. The molecule has 0 radical (unpaired) electrons. The SMILES string of the molecule is Cc1ccc(C(=O)N/N=C/c2cccc(Cl)c2O)cc1.